The van der Waals surface area contributed by atoms with Gasteiger partial charge in [-0.1, -0.05) is 20.8 Å². The van der Waals surface area contributed by atoms with Crippen molar-refractivity contribution >= 4 is 39.1 Å². The summed E-state index contributed by atoms with van der Waals surface area (Å²) in [6, 6.07) is 3.53. The fourth-order valence-electron chi connectivity index (χ4n) is 2.54. The second-order valence-corrected chi connectivity index (χ2v) is 8.50. The standard InChI is InChI=1S/C15H21BrN2O2S/c1-5-15(4)14(20)17-12(9(2)3)13(19)18(15)8-10-6-7-11(16)21-10/h6-7,9,12H,5,8H2,1-4H3,(H,17,20). The minimum atomic E-state index is -0.779. The number of halogens is 1. The van der Waals surface area contributed by atoms with Crippen LogP contribution in [0.25, 0.3) is 0 Å². The Balaban J connectivity index is 2.34. The summed E-state index contributed by atoms with van der Waals surface area (Å²) in [5.41, 5.74) is -0.779. The second kappa shape index (κ2) is 6.08. The lowest BCUT2D eigenvalue weighted by Gasteiger charge is -2.46. The summed E-state index contributed by atoms with van der Waals surface area (Å²) in [5, 5.41) is 2.89. The molecule has 0 bridgehead atoms. The molecule has 1 aromatic rings. The van der Waals surface area contributed by atoms with Gasteiger partial charge in [-0.05, 0) is 47.3 Å². The fourth-order valence-corrected chi connectivity index (χ4v) is 4.01. The third-order valence-corrected chi connectivity index (χ3v) is 5.81. The smallest absolute Gasteiger partial charge is 0.246 e. The molecule has 2 atom stereocenters. The van der Waals surface area contributed by atoms with E-state index in [9.17, 15) is 9.59 Å². The number of nitrogens with zero attached hydrogens (tertiary/aromatic N) is 1. The van der Waals surface area contributed by atoms with Crippen LogP contribution in [0.1, 0.15) is 39.0 Å². The van der Waals surface area contributed by atoms with Gasteiger partial charge in [-0.2, -0.15) is 0 Å². The maximum atomic E-state index is 12.8. The van der Waals surface area contributed by atoms with Crippen LogP contribution in [0.2, 0.25) is 0 Å². The van der Waals surface area contributed by atoms with Crippen molar-refractivity contribution in [1.29, 1.82) is 0 Å². The normalized spacial score (nSPS) is 26.4. The van der Waals surface area contributed by atoms with Crippen LogP contribution in [0, 0.1) is 5.92 Å². The first-order chi connectivity index (χ1) is 9.79. The van der Waals surface area contributed by atoms with E-state index in [1.54, 1.807) is 16.2 Å². The molecule has 2 rings (SSSR count). The SMILES string of the molecule is CCC1(C)C(=O)NC(C(C)C)C(=O)N1Cc1ccc(Br)s1. The molecule has 0 aliphatic carbocycles. The molecule has 0 spiro atoms. The molecule has 1 N–H and O–H groups in total. The highest BCUT2D eigenvalue weighted by Gasteiger charge is 2.48. The first-order valence-electron chi connectivity index (χ1n) is 7.16. The van der Waals surface area contributed by atoms with E-state index in [2.05, 4.69) is 21.2 Å². The largest absolute Gasteiger partial charge is 0.342 e. The minimum Gasteiger partial charge on any atom is -0.342 e. The van der Waals surface area contributed by atoms with Crippen LogP contribution in [0.4, 0.5) is 0 Å². The van der Waals surface area contributed by atoms with Gasteiger partial charge in [0.1, 0.15) is 11.6 Å². The Kier molecular flexibility index (Phi) is 4.78. The summed E-state index contributed by atoms with van der Waals surface area (Å²) in [6.07, 6.45) is 0.599. The zero-order chi connectivity index (χ0) is 15.8. The summed E-state index contributed by atoms with van der Waals surface area (Å²) in [4.78, 5) is 28.1. The molecular formula is C15H21BrN2O2S. The first-order valence-corrected chi connectivity index (χ1v) is 8.77. The van der Waals surface area contributed by atoms with E-state index in [1.165, 1.54) is 0 Å². The Morgan fingerprint density at radius 1 is 1.43 bits per heavy atom. The topological polar surface area (TPSA) is 49.4 Å². The van der Waals surface area contributed by atoms with E-state index < -0.39 is 11.6 Å². The number of rotatable bonds is 4. The number of hydrogen-bond donors (Lipinski definition) is 1. The molecule has 0 radical (unpaired) electrons. The van der Waals surface area contributed by atoms with Crippen molar-refractivity contribution in [3.8, 4) is 0 Å². The Bertz CT molecular complexity index is 558. The highest BCUT2D eigenvalue weighted by molar-refractivity contribution is 9.11. The molecule has 1 fully saturated rings. The molecule has 6 heteroatoms. The van der Waals surface area contributed by atoms with Crippen molar-refractivity contribution in [2.45, 2.75) is 52.2 Å². The van der Waals surface area contributed by atoms with Gasteiger partial charge in [-0.15, -0.1) is 11.3 Å². The maximum Gasteiger partial charge on any atom is 0.246 e. The monoisotopic (exact) mass is 372 g/mol. The van der Waals surface area contributed by atoms with Crippen molar-refractivity contribution in [2.24, 2.45) is 5.92 Å². The minimum absolute atomic E-state index is 0.0125. The van der Waals surface area contributed by atoms with Crippen LogP contribution in [0.3, 0.4) is 0 Å². The summed E-state index contributed by atoms with van der Waals surface area (Å²) in [5.74, 6) is 0.0397. The number of piperazine rings is 1. The van der Waals surface area contributed by atoms with Gasteiger partial charge in [0.25, 0.3) is 0 Å². The quantitative estimate of drug-likeness (QED) is 0.882. The highest BCUT2D eigenvalue weighted by Crippen LogP contribution is 2.31. The van der Waals surface area contributed by atoms with E-state index >= 15 is 0 Å². The van der Waals surface area contributed by atoms with Crippen LogP contribution in [0.5, 0.6) is 0 Å². The number of thiophene rings is 1. The number of hydrogen-bond acceptors (Lipinski definition) is 3. The third kappa shape index (κ3) is 3.01. The molecule has 116 valence electrons. The number of amides is 2. The van der Waals surface area contributed by atoms with Crippen molar-refractivity contribution in [3.63, 3.8) is 0 Å². The lowest BCUT2D eigenvalue weighted by molar-refractivity contribution is -0.158. The van der Waals surface area contributed by atoms with Gasteiger partial charge < -0.3 is 10.2 Å². The van der Waals surface area contributed by atoms with Gasteiger partial charge in [0.2, 0.25) is 11.8 Å². The van der Waals surface area contributed by atoms with E-state index in [1.807, 2.05) is 39.8 Å². The summed E-state index contributed by atoms with van der Waals surface area (Å²) in [7, 11) is 0. The first kappa shape index (κ1) is 16.5. The van der Waals surface area contributed by atoms with E-state index in [0.717, 1.165) is 8.66 Å². The van der Waals surface area contributed by atoms with Gasteiger partial charge in [0.05, 0.1) is 10.3 Å². The predicted octanol–water partition coefficient (Wildman–Crippen LogP) is 3.16. The van der Waals surface area contributed by atoms with Gasteiger partial charge >= 0.3 is 0 Å². The molecule has 1 saturated heterocycles. The lowest BCUT2D eigenvalue weighted by Crippen LogP contribution is -2.69. The Morgan fingerprint density at radius 3 is 2.57 bits per heavy atom. The molecule has 2 amide bonds. The van der Waals surface area contributed by atoms with Crippen molar-refractivity contribution in [2.75, 3.05) is 0 Å². The summed E-state index contributed by atoms with van der Waals surface area (Å²) < 4.78 is 1.03. The molecule has 0 saturated carbocycles. The third-order valence-electron chi connectivity index (χ3n) is 4.20. The number of carbonyl (C=O) groups is 2. The van der Waals surface area contributed by atoms with Gasteiger partial charge in [0.15, 0.2) is 0 Å². The molecule has 4 nitrogen and oxygen atoms in total. The molecule has 1 aromatic heterocycles. The van der Waals surface area contributed by atoms with E-state index in [4.69, 9.17) is 0 Å². The number of nitrogens with one attached hydrogen (secondary N) is 1. The molecule has 21 heavy (non-hydrogen) atoms. The zero-order valence-corrected chi connectivity index (χ0v) is 15.2. The van der Waals surface area contributed by atoms with Crippen LogP contribution >= 0.6 is 27.3 Å². The van der Waals surface area contributed by atoms with Crippen molar-refractivity contribution in [3.05, 3.63) is 20.8 Å². The average molecular weight is 373 g/mol. The Morgan fingerprint density at radius 2 is 2.10 bits per heavy atom. The highest BCUT2D eigenvalue weighted by atomic mass is 79.9. The second-order valence-electron chi connectivity index (χ2n) is 5.95. The Labute approximate surface area is 138 Å². The van der Waals surface area contributed by atoms with Crippen LogP contribution < -0.4 is 5.32 Å². The zero-order valence-electron chi connectivity index (χ0n) is 12.8. The number of carbonyl (C=O) groups excluding carboxylic acids is 2. The molecule has 0 aromatic carbocycles. The molecule has 1 aliphatic rings. The van der Waals surface area contributed by atoms with Gasteiger partial charge in [-0.3, -0.25) is 9.59 Å². The van der Waals surface area contributed by atoms with Crippen LogP contribution in [-0.4, -0.2) is 28.3 Å². The molecule has 2 heterocycles. The Hall–Kier alpha value is -0.880. The van der Waals surface area contributed by atoms with E-state index in [-0.39, 0.29) is 17.7 Å². The van der Waals surface area contributed by atoms with Crippen molar-refractivity contribution < 1.29 is 9.59 Å². The molecular weight excluding hydrogens is 352 g/mol. The maximum absolute atomic E-state index is 12.8. The summed E-state index contributed by atoms with van der Waals surface area (Å²) in [6.45, 7) is 8.18. The van der Waals surface area contributed by atoms with Gasteiger partial charge in [0, 0.05) is 4.88 Å². The van der Waals surface area contributed by atoms with Crippen LogP contribution in [-0.2, 0) is 16.1 Å². The molecule has 2 unspecified atom stereocenters. The van der Waals surface area contributed by atoms with Gasteiger partial charge in [-0.25, -0.2) is 0 Å². The molecule has 1 aliphatic heterocycles. The average Bonchev–Trinajstić information content (AvgIpc) is 2.84. The van der Waals surface area contributed by atoms with Crippen molar-refractivity contribution in [1.82, 2.24) is 10.2 Å². The lowest BCUT2D eigenvalue weighted by atomic mass is 9.87. The fraction of sp³-hybridized carbons (Fsp3) is 0.600. The predicted molar refractivity (Wildman–Crippen MR) is 88.0 cm³/mol. The van der Waals surface area contributed by atoms with E-state index in [0.29, 0.717) is 13.0 Å². The van der Waals surface area contributed by atoms with Crippen LogP contribution in [0.15, 0.2) is 15.9 Å². The summed E-state index contributed by atoms with van der Waals surface area (Å²) >= 11 is 5.04.